The Labute approximate surface area is 118 Å². The number of ether oxygens (including phenoxy) is 1. The van der Waals surface area contributed by atoms with Crippen LogP contribution in [-0.2, 0) is 6.61 Å². The Bertz CT molecular complexity index is 623. The molecule has 0 fully saturated rings. The summed E-state index contributed by atoms with van der Waals surface area (Å²) in [6.45, 7) is 4.47. The van der Waals surface area contributed by atoms with E-state index in [1.165, 1.54) is 11.1 Å². The second-order valence-corrected chi connectivity index (χ2v) is 4.94. The van der Waals surface area contributed by atoms with Crippen LogP contribution in [0.15, 0.2) is 36.4 Å². The maximum atomic E-state index is 8.78. The van der Waals surface area contributed by atoms with E-state index in [4.69, 9.17) is 21.6 Å². The largest absolute Gasteiger partial charge is 0.489 e. The van der Waals surface area contributed by atoms with Crippen molar-refractivity contribution in [1.82, 2.24) is 0 Å². The molecule has 0 aromatic heterocycles. The van der Waals surface area contributed by atoms with Gasteiger partial charge in [0.25, 0.3) is 0 Å². The van der Waals surface area contributed by atoms with E-state index < -0.39 is 0 Å². The molecule has 2 aromatic rings. The summed E-state index contributed by atoms with van der Waals surface area (Å²) in [6, 6.07) is 13.4. The molecule has 2 nitrogen and oxygen atoms in total. The van der Waals surface area contributed by atoms with E-state index in [1.54, 1.807) is 12.1 Å². The molecule has 0 saturated heterocycles. The van der Waals surface area contributed by atoms with Gasteiger partial charge in [-0.1, -0.05) is 23.7 Å². The quantitative estimate of drug-likeness (QED) is 0.828. The first-order valence-corrected chi connectivity index (χ1v) is 6.36. The predicted octanol–water partition coefficient (Wildman–Crippen LogP) is 4.41. The molecular weight excluding hydrogens is 258 g/mol. The smallest absolute Gasteiger partial charge is 0.120 e. The Morgan fingerprint density at radius 3 is 2.37 bits per heavy atom. The lowest BCUT2D eigenvalue weighted by Crippen LogP contribution is -1.97. The van der Waals surface area contributed by atoms with Gasteiger partial charge in [0.15, 0.2) is 0 Å². The highest BCUT2D eigenvalue weighted by molar-refractivity contribution is 6.31. The van der Waals surface area contributed by atoms with Crippen molar-refractivity contribution in [2.45, 2.75) is 20.5 Å². The van der Waals surface area contributed by atoms with Gasteiger partial charge >= 0.3 is 0 Å². The fourth-order valence-electron chi connectivity index (χ4n) is 1.91. The molecular formula is C16H14ClNO. The minimum absolute atomic E-state index is 0.396. The van der Waals surface area contributed by atoms with Crippen molar-refractivity contribution in [1.29, 1.82) is 5.26 Å². The third kappa shape index (κ3) is 3.49. The summed E-state index contributed by atoms with van der Waals surface area (Å²) in [5.41, 5.74) is 3.77. The first kappa shape index (κ1) is 13.5. The van der Waals surface area contributed by atoms with Crippen LogP contribution in [0.5, 0.6) is 5.75 Å². The van der Waals surface area contributed by atoms with Crippen molar-refractivity contribution < 1.29 is 4.74 Å². The fraction of sp³-hybridized carbons (Fsp3) is 0.188. The number of nitrogens with zero attached hydrogens (tertiary/aromatic N) is 1. The average Bonchev–Trinajstić information content (AvgIpc) is 2.36. The lowest BCUT2D eigenvalue weighted by molar-refractivity contribution is 0.306. The minimum Gasteiger partial charge on any atom is -0.489 e. The second-order valence-electron chi connectivity index (χ2n) is 4.53. The molecule has 0 bridgehead atoms. The molecule has 19 heavy (non-hydrogen) atoms. The summed E-state index contributed by atoms with van der Waals surface area (Å²) in [5, 5.41) is 9.34. The number of nitriles is 1. The number of benzene rings is 2. The minimum atomic E-state index is 0.396. The molecule has 0 N–H and O–H groups in total. The van der Waals surface area contributed by atoms with Crippen LogP contribution in [0, 0.1) is 25.2 Å². The second kappa shape index (κ2) is 5.77. The third-order valence-electron chi connectivity index (χ3n) is 2.77. The first-order valence-electron chi connectivity index (χ1n) is 5.98. The van der Waals surface area contributed by atoms with Crippen molar-refractivity contribution in [2.24, 2.45) is 0 Å². The highest BCUT2D eigenvalue weighted by Crippen LogP contribution is 2.21. The van der Waals surface area contributed by atoms with Gasteiger partial charge in [0.1, 0.15) is 12.4 Å². The topological polar surface area (TPSA) is 33.0 Å². The zero-order chi connectivity index (χ0) is 13.8. The monoisotopic (exact) mass is 271 g/mol. The van der Waals surface area contributed by atoms with Crippen LogP contribution in [0.3, 0.4) is 0 Å². The van der Waals surface area contributed by atoms with Gasteiger partial charge in [0.05, 0.1) is 11.6 Å². The maximum Gasteiger partial charge on any atom is 0.120 e. The van der Waals surface area contributed by atoms with Gasteiger partial charge < -0.3 is 4.74 Å². The van der Waals surface area contributed by atoms with Gasteiger partial charge in [-0.3, -0.25) is 0 Å². The highest BCUT2D eigenvalue weighted by atomic mass is 35.5. The highest BCUT2D eigenvalue weighted by Gasteiger charge is 2.04. The Morgan fingerprint density at radius 2 is 1.79 bits per heavy atom. The fourth-order valence-corrected chi connectivity index (χ4v) is 2.15. The molecule has 0 spiro atoms. The van der Waals surface area contributed by atoms with Crippen LogP contribution in [0.1, 0.15) is 22.3 Å². The standard InChI is InChI=1S/C16H14ClNO/c1-11-5-12(2)7-15(6-11)19-10-14-4-3-13(9-18)8-16(14)17/h3-8H,10H2,1-2H3. The van der Waals surface area contributed by atoms with E-state index in [0.717, 1.165) is 11.3 Å². The molecule has 0 unspecified atom stereocenters. The summed E-state index contributed by atoms with van der Waals surface area (Å²) in [7, 11) is 0. The van der Waals surface area contributed by atoms with Gasteiger partial charge in [0, 0.05) is 10.6 Å². The van der Waals surface area contributed by atoms with Crippen molar-refractivity contribution >= 4 is 11.6 Å². The molecule has 0 saturated carbocycles. The molecule has 0 heterocycles. The van der Waals surface area contributed by atoms with E-state index in [1.807, 2.05) is 32.0 Å². The summed E-state index contributed by atoms with van der Waals surface area (Å²) in [4.78, 5) is 0. The Morgan fingerprint density at radius 1 is 1.11 bits per heavy atom. The van der Waals surface area contributed by atoms with Crippen LogP contribution in [0.2, 0.25) is 5.02 Å². The number of halogens is 1. The van der Waals surface area contributed by atoms with E-state index in [0.29, 0.717) is 17.2 Å². The number of hydrogen-bond donors (Lipinski definition) is 0. The zero-order valence-corrected chi connectivity index (χ0v) is 11.7. The van der Waals surface area contributed by atoms with E-state index >= 15 is 0 Å². The van der Waals surface area contributed by atoms with Crippen molar-refractivity contribution in [2.75, 3.05) is 0 Å². The Hall–Kier alpha value is -1.98. The molecule has 2 aromatic carbocycles. The summed E-state index contributed by atoms with van der Waals surface area (Å²) < 4.78 is 5.74. The van der Waals surface area contributed by atoms with Gasteiger partial charge in [-0.05, 0) is 49.2 Å². The molecule has 96 valence electrons. The van der Waals surface area contributed by atoms with Gasteiger partial charge in [-0.2, -0.15) is 5.26 Å². The van der Waals surface area contributed by atoms with Crippen LogP contribution in [0.25, 0.3) is 0 Å². The first-order chi connectivity index (χ1) is 9.08. The van der Waals surface area contributed by atoms with Gasteiger partial charge in [-0.15, -0.1) is 0 Å². The number of hydrogen-bond acceptors (Lipinski definition) is 2. The van der Waals surface area contributed by atoms with E-state index in [9.17, 15) is 0 Å². The van der Waals surface area contributed by atoms with Crippen molar-refractivity contribution in [3.63, 3.8) is 0 Å². The molecule has 3 heteroatoms. The predicted molar refractivity (Wildman–Crippen MR) is 76.4 cm³/mol. The molecule has 0 aliphatic carbocycles. The SMILES string of the molecule is Cc1cc(C)cc(OCc2ccc(C#N)cc2Cl)c1. The molecule has 0 atom stereocenters. The molecule has 0 radical (unpaired) electrons. The van der Waals surface area contributed by atoms with E-state index in [-0.39, 0.29) is 0 Å². The van der Waals surface area contributed by atoms with Crippen LogP contribution < -0.4 is 4.74 Å². The normalized spacial score (nSPS) is 10.0. The van der Waals surface area contributed by atoms with Crippen molar-refractivity contribution in [3.8, 4) is 11.8 Å². The van der Waals surface area contributed by atoms with E-state index in [2.05, 4.69) is 12.1 Å². The molecule has 0 aliphatic heterocycles. The van der Waals surface area contributed by atoms with Crippen molar-refractivity contribution in [3.05, 3.63) is 63.7 Å². The average molecular weight is 272 g/mol. The van der Waals surface area contributed by atoms with Crippen LogP contribution in [0.4, 0.5) is 0 Å². The molecule has 0 aliphatic rings. The lowest BCUT2D eigenvalue weighted by Gasteiger charge is -2.09. The number of aryl methyl sites for hydroxylation is 2. The molecule has 0 amide bonds. The van der Waals surface area contributed by atoms with Gasteiger partial charge in [-0.25, -0.2) is 0 Å². The lowest BCUT2D eigenvalue weighted by atomic mass is 10.1. The Kier molecular flexibility index (Phi) is 4.09. The zero-order valence-electron chi connectivity index (χ0n) is 10.9. The summed E-state index contributed by atoms with van der Waals surface area (Å²) >= 11 is 6.11. The van der Waals surface area contributed by atoms with Crippen LogP contribution >= 0.6 is 11.6 Å². The Balaban J connectivity index is 2.12. The molecule has 2 rings (SSSR count). The van der Waals surface area contributed by atoms with Gasteiger partial charge in [0.2, 0.25) is 0 Å². The van der Waals surface area contributed by atoms with Crippen LogP contribution in [-0.4, -0.2) is 0 Å². The third-order valence-corrected chi connectivity index (χ3v) is 3.12. The summed E-state index contributed by atoms with van der Waals surface area (Å²) in [6.07, 6.45) is 0. The summed E-state index contributed by atoms with van der Waals surface area (Å²) in [5.74, 6) is 0.831. The maximum absolute atomic E-state index is 8.78. The number of rotatable bonds is 3.